The lowest BCUT2D eigenvalue weighted by molar-refractivity contribution is -0.144. The Morgan fingerprint density at radius 3 is 2.52 bits per heavy atom. The largest absolute Gasteiger partial charge is 0.508 e. The van der Waals surface area contributed by atoms with E-state index in [1.807, 2.05) is 26.0 Å². The minimum atomic E-state index is -0.974. The van der Waals surface area contributed by atoms with Gasteiger partial charge in [-0.15, -0.1) is 0 Å². The quantitative estimate of drug-likeness (QED) is 0.407. The van der Waals surface area contributed by atoms with Crippen molar-refractivity contribution in [2.45, 2.75) is 109 Å². The molecule has 2 aromatic rings. The van der Waals surface area contributed by atoms with Gasteiger partial charge in [-0.05, 0) is 93.2 Å². The number of aryl methyl sites for hydroxylation is 1. The first-order chi connectivity index (χ1) is 21.6. The first kappa shape index (κ1) is 33.4. The zero-order chi connectivity index (χ0) is 33.6. The lowest BCUT2D eigenvalue weighted by Crippen LogP contribution is -2.57. The molecule has 1 aliphatic carbocycles. The Bertz CT molecular complexity index is 1510. The van der Waals surface area contributed by atoms with E-state index in [0.29, 0.717) is 6.42 Å². The minimum Gasteiger partial charge on any atom is -0.508 e. The molecule has 1 saturated heterocycles. The van der Waals surface area contributed by atoms with Gasteiger partial charge >= 0.3 is 6.09 Å². The zero-order valence-electron chi connectivity index (χ0n) is 28.1. The van der Waals surface area contributed by atoms with Crippen LogP contribution in [0, 0.1) is 5.41 Å². The molecule has 1 fully saturated rings. The van der Waals surface area contributed by atoms with E-state index in [1.165, 1.54) is 23.1 Å². The molecule has 0 aromatic heterocycles. The van der Waals surface area contributed by atoms with Gasteiger partial charge in [-0.3, -0.25) is 19.3 Å². The van der Waals surface area contributed by atoms with Gasteiger partial charge in [0, 0.05) is 19.5 Å². The van der Waals surface area contributed by atoms with Crippen molar-refractivity contribution in [1.29, 1.82) is 0 Å². The first-order valence-electron chi connectivity index (χ1n) is 16.3. The molecule has 3 aliphatic rings. The number of ketones is 1. The Labute approximate surface area is 271 Å². The van der Waals surface area contributed by atoms with E-state index in [9.17, 15) is 24.3 Å². The van der Waals surface area contributed by atoms with E-state index in [-0.39, 0.29) is 36.4 Å². The summed E-state index contributed by atoms with van der Waals surface area (Å²) in [4.78, 5) is 57.7. The third-order valence-electron chi connectivity index (χ3n) is 9.69. The molecule has 46 heavy (non-hydrogen) atoms. The Morgan fingerprint density at radius 2 is 1.80 bits per heavy atom. The van der Waals surface area contributed by atoms with Gasteiger partial charge in [-0.1, -0.05) is 44.2 Å². The summed E-state index contributed by atoms with van der Waals surface area (Å²) in [5.74, 6) is -0.875. The van der Waals surface area contributed by atoms with Crippen LogP contribution < -0.4 is 10.6 Å². The third-order valence-corrected chi connectivity index (χ3v) is 9.69. The number of nitrogens with zero attached hydrogens (tertiary/aromatic N) is 2. The van der Waals surface area contributed by atoms with Gasteiger partial charge in [0.15, 0.2) is 5.78 Å². The van der Waals surface area contributed by atoms with Crippen LogP contribution in [0.4, 0.5) is 4.79 Å². The van der Waals surface area contributed by atoms with Crippen molar-refractivity contribution in [2.75, 3.05) is 13.6 Å². The second-order valence-electron chi connectivity index (χ2n) is 14.8. The van der Waals surface area contributed by atoms with Crippen LogP contribution in [-0.2, 0) is 32.0 Å². The van der Waals surface area contributed by atoms with Crippen LogP contribution >= 0.6 is 0 Å². The smallest absolute Gasteiger partial charge is 0.410 e. The molecular formula is C36H48N4O6. The molecule has 0 bridgehead atoms. The number of Topliss-reactive ketones (excluding diaryl/α,β-unsaturated/α-hetero) is 1. The highest BCUT2D eigenvalue weighted by Crippen LogP contribution is 2.50. The first-order valence-corrected chi connectivity index (χ1v) is 16.3. The topological polar surface area (TPSA) is 128 Å². The summed E-state index contributed by atoms with van der Waals surface area (Å²) in [5.41, 5.74) is 2.81. The van der Waals surface area contributed by atoms with E-state index in [0.717, 1.165) is 30.4 Å². The van der Waals surface area contributed by atoms with Gasteiger partial charge in [0.05, 0.1) is 18.6 Å². The van der Waals surface area contributed by atoms with Gasteiger partial charge in [0.25, 0.3) is 0 Å². The summed E-state index contributed by atoms with van der Waals surface area (Å²) in [6.07, 6.45) is 3.05. The van der Waals surface area contributed by atoms with E-state index in [4.69, 9.17) is 4.74 Å². The molecule has 10 heteroatoms. The number of likely N-dealkylation sites (N-methyl/N-ethyl adjacent to an activating group) is 1. The van der Waals surface area contributed by atoms with Crippen LogP contribution in [0.3, 0.4) is 0 Å². The number of ether oxygens (including phenoxy) is 1. The third kappa shape index (κ3) is 6.77. The molecule has 2 aromatic carbocycles. The Morgan fingerprint density at radius 1 is 1.09 bits per heavy atom. The molecule has 2 aliphatic heterocycles. The maximum atomic E-state index is 14.5. The fraction of sp³-hybridized carbons (Fsp3) is 0.556. The second kappa shape index (κ2) is 12.7. The molecular weight excluding hydrogens is 584 g/mol. The van der Waals surface area contributed by atoms with Gasteiger partial charge in [0.2, 0.25) is 11.8 Å². The lowest BCUT2D eigenvalue weighted by Gasteiger charge is -2.35. The average molecular weight is 633 g/mol. The Hall–Kier alpha value is -3.92. The van der Waals surface area contributed by atoms with Crippen molar-refractivity contribution >= 4 is 23.7 Å². The average Bonchev–Trinajstić information content (AvgIpc) is 3.23. The molecule has 0 spiro atoms. The number of aromatic hydroxyl groups is 1. The molecule has 2 heterocycles. The van der Waals surface area contributed by atoms with Crippen molar-refractivity contribution in [3.8, 4) is 5.75 Å². The van der Waals surface area contributed by atoms with Crippen molar-refractivity contribution in [3.05, 3.63) is 64.7 Å². The van der Waals surface area contributed by atoms with Crippen LogP contribution in [0.25, 0.3) is 0 Å². The number of hydrogen-bond acceptors (Lipinski definition) is 7. The van der Waals surface area contributed by atoms with Gasteiger partial charge in [0.1, 0.15) is 23.4 Å². The van der Waals surface area contributed by atoms with Crippen molar-refractivity contribution in [1.82, 2.24) is 20.4 Å². The SMILES string of the molecule is C[C@@H](C(=O)N[C@H]1Cc2ccc(O)cc2[C@H]2CC(C)(C)C(C(=O)CN[C@@H]3CCCc4ccccc43)N2C1=O)N(C)C(=O)OC(C)(C)C. The van der Waals surface area contributed by atoms with Crippen LogP contribution in [0.1, 0.15) is 95.1 Å². The van der Waals surface area contributed by atoms with E-state index in [2.05, 4.69) is 22.8 Å². The number of carbonyl (C=O) groups is 4. The van der Waals surface area contributed by atoms with Crippen LogP contribution in [0.2, 0.25) is 0 Å². The van der Waals surface area contributed by atoms with Crippen molar-refractivity contribution < 1.29 is 29.0 Å². The number of nitrogens with one attached hydrogen (secondary N) is 2. The molecule has 0 saturated carbocycles. The fourth-order valence-electron chi connectivity index (χ4n) is 7.32. The second-order valence-corrected chi connectivity index (χ2v) is 14.8. The predicted molar refractivity (Wildman–Crippen MR) is 174 cm³/mol. The summed E-state index contributed by atoms with van der Waals surface area (Å²) in [5, 5.41) is 16.8. The van der Waals surface area contributed by atoms with Crippen LogP contribution in [0.15, 0.2) is 42.5 Å². The Balaban J connectivity index is 1.40. The molecule has 1 unspecified atom stereocenters. The highest BCUT2D eigenvalue weighted by atomic mass is 16.6. The van der Waals surface area contributed by atoms with Gasteiger partial charge in [-0.2, -0.15) is 0 Å². The summed E-state index contributed by atoms with van der Waals surface area (Å²) >= 11 is 0. The molecule has 3 N–H and O–H groups in total. The number of fused-ring (bicyclic) bond motifs is 4. The maximum Gasteiger partial charge on any atom is 0.410 e. The van der Waals surface area contributed by atoms with E-state index >= 15 is 0 Å². The van der Waals surface area contributed by atoms with Crippen molar-refractivity contribution in [2.24, 2.45) is 5.41 Å². The normalized spacial score (nSPS) is 24.2. The zero-order valence-corrected chi connectivity index (χ0v) is 28.1. The van der Waals surface area contributed by atoms with Gasteiger partial charge in [-0.25, -0.2) is 4.79 Å². The van der Waals surface area contributed by atoms with Gasteiger partial charge < -0.3 is 25.4 Å². The summed E-state index contributed by atoms with van der Waals surface area (Å²) in [6, 6.07) is 10.3. The fourth-order valence-corrected chi connectivity index (χ4v) is 7.32. The lowest BCUT2D eigenvalue weighted by atomic mass is 9.80. The number of amides is 3. The van der Waals surface area contributed by atoms with Crippen molar-refractivity contribution in [3.63, 3.8) is 0 Å². The Kier molecular flexibility index (Phi) is 9.23. The van der Waals surface area contributed by atoms with Crippen LogP contribution in [0.5, 0.6) is 5.75 Å². The van der Waals surface area contributed by atoms with Crippen LogP contribution in [-0.4, -0.2) is 75.9 Å². The molecule has 3 amide bonds. The number of carbonyl (C=O) groups excluding carboxylic acids is 4. The molecule has 248 valence electrons. The molecule has 5 rings (SSSR count). The summed E-state index contributed by atoms with van der Waals surface area (Å²) < 4.78 is 5.43. The van der Waals surface area contributed by atoms with E-state index in [1.54, 1.807) is 50.8 Å². The monoisotopic (exact) mass is 632 g/mol. The number of hydrogen-bond donors (Lipinski definition) is 3. The molecule has 0 radical (unpaired) electrons. The highest BCUT2D eigenvalue weighted by Gasteiger charge is 2.55. The summed E-state index contributed by atoms with van der Waals surface area (Å²) in [7, 11) is 1.48. The number of rotatable bonds is 7. The maximum absolute atomic E-state index is 14.5. The summed E-state index contributed by atoms with van der Waals surface area (Å²) in [6.45, 7) is 10.9. The predicted octanol–water partition coefficient (Wildman–Crippen LogP) is 4.59. The molecule has 10 nitrogen and oxygen atoms in total. The van der Waals surface area contributed by atoms with E-state index < -0.39 is 47.2 Å². The number of phenolic OH excluding ortho intramolecular Hbond substituents is 1. The standard InChI is InChI=1S/C36H48N4O6/c1-21(39(7)34(45)46-35(2,3)4)32(43)38-28-17-23-15-16-24(41)18-26(23)29-19-36(5,6)31(40(29)33(28)44)30(42)20-37-27-14-10-12-22-11-8-9-13-25(22)27/h8-9,11,13,15-16,18,21,27-29,31,37,41H,10,12,14,17,19-20H2,1-7H3,(H,38,43)/t21-,27+,28-,29+,31?/m0/s1. The minimum absolute atomic E-state index is 0.0576. The molecule has 5 atom stereocenters. The highest BCUT2D eigenvalue weighted by molar-refractivity contribution is 5.96. The number of phenols is 1. The number of benzene rings is 2.